The molecule has 0 saturated heterocycles. The van der Waals surface area contributed by atoms with Crippen molar-refractivity contribution >= 4 is 45.8 Å². The molecule has 27 heavy (non-hydrogen) atoms. The molecule has 0 aliphatic carbocycles. The maximum absolute atomic E-state index is 12.5. The fourth-order valence-corrected chi connectivity index (χ4v) is 3.51. The minimum absolute atomic E-state index is 0.324. The van der Waals surface area contributed by atoms with Crippen molar-refractivity contribution in [3.8, 4) is 11.1 Å². The van der Waals surface area contributed by atoms with Gasteiger partial charge < -0.3 is 5.32 Å². The SMILES string of the molecule is Cc1cccc(-c2ccc3c(NC(=O)c4cc(Cl)cc(Cl)c4)n[nH]c3c2)c1. The van der Waals surface area contributed by atoms with Crippen molar-refractivity contribution in [1.82, 2.24) is 10.2 Å². The lowest BCUT2D eigenvalue weighted by atomic mass is 10.0. The van der Waals surface area contributed by atoms with Gasteiger partial charge in [-0.2, -0.15) is 5.10 Å². The van der Waals surface area contributed by atoms with Crippen molar-refractivity contribution < 1.29 is 4.79 Å². The summed E-state index contributed by atoms with van der Waals surface area (Å²) < 4.78 is 0. The van der Waals surface area contributed by atoms with Crippen LogP contribution >= 0.6 is 23.2 Å². The molecule has 0 spiro atoms. The van der Waals surface area contributed by atoms with Crippen molar-refractivity contribution in [3.05, 3.63) is 81.8 Å². The number of hydrogen-bond acceptors (Lipinski definition) is 2. The van der Waals surface area contributed by atoms with Crippen LogP contribution in [0.4, 0.5) is 5.82 Å². The maximum Gasteiger partial charge on any atom is 0.256 e. The molecule has 4 aromatic rings. The number of hydrogen-bond donors (Lipinski definition) is 2. The number of halogens is 2. The van der Waals surface area contributed by atoms with Gasteiger partial charge in [0, 0.05) is 21.0 Å². The number of amides is 1. The third-order valence-corrected chi connectivity index (χ3v) is 4.71. The van der Waals surface area contributed by atoms with Crippen molar-refractivity contribution in [2.75, 3.05) is 5.32 Å². The van der Waals surface area contributed by atoms with Crippen molar-refractivity contribution in [1.29, 1.82) is 0 Å². The molecule has 4 nitrogen and oxygen atoms in total. The topological polar surface area (TPSA) is 57.8 Å². The Kier molecular flexibility index (Phi) is 4.60. The highest BCUT2D eigenvalue weighted by atomic mass is 35.5. The molecule has 0 saturated carbocycles. The number of rotatable bonds is 3. The molecule has 1 amide bonds. The maximum atomic E-state index is 12.5. The fourth-order valence-electron chi connectivity index (χ4n) is 2.98. The van der Waals surface area contributed by atoms with Gasteiger partial charge in [-0.25, -0.2) is 0 Å². The first-order chi connectivity index (χ1) is 13.0. The van der Waals surface area contributed by atoms with Crippen LogP contribution in [0.3, 0.4) is 0 Å². The average molecular weight is 396 g/mol. The molecule has 0 unspecified atom stereocenters. The van der Waals surface area contributed by atoms with Gasteiger partial charge in [0.15, 0.2) is 5.82 Å². The first-order valence-electron chi connectivity index (χ1n) is 8.32. The van der Waals surface area contributed by atoms with E-state index in [1.807, 2.05) is 24.3 Å². The Morgan fingerprint density at radius 1 is 0.963 bits per heavy atom. The zero-order chi connectivity index (χ0) is 19.0. The summed E-state index contributed by atoms with van der Waals surface area (Å²) >= 11 is 11.9. The predicted octanol–water partition coefficient (Wildman–Crippen LogP) is 6.10. The molecule has 6 heteroatoms. The zero-order valence-corrected chi connectivity index (χ0v) is 15.9. The van der Waals surface area contributed by atoms with Crippen LogP contribution in [0.5, 0.6) is 0 Å². The molecule has 0 aliphatic heterocycles. The van der Waals surface area contributed by atoms with Crippen LogP contribution in [0.25, 0.3) is 22.0 Å². The van der Waals surface area contributed by atoms with E-state index in [0.29, 0.717) is 21.4 Å². The van der Waals surface area contributed by atoms with Gasteiger partial charge in [-0.15, -0.1) is 0 Å². The lowest BCUT2D eigenvalue weighted by Gasteiger charge is -2.05. The van der Waals surface area contributed by atoms with Crippen molar-refractivity contribution in [3.63, 3.8) is 0 Å². The third kappa shape index (κ3) is 3.68. The van der Waals surface area contributed by atoms with Gasteiger partial charge in [0.1, 0.15) is 0 Å². The van der Waals surface area contributed by atoms with Gasteiger partial charge in [0.25, 0.3) is 5.91 Å². The van der Waals surface area contributed by atoms with Gasteiger partial charge in [-0.05, 0) is 48.4 Å². The van der Waals surface area contributed by atoms with Crippen molar-refractivity contribution in [2.24, 2.45) is 0 Å². The normalized spacial score (nSPS) is 10.9. The minimum atomic E-state index is -0.324. The summed E-state index contributed by atoms with van der Waals surface area (Å²) in [5, 5.41) is 11.7. The number of carbonyl (C=O) groups excluding carboxylic acids is 1. The molecule has 2 N–H and O–H groups in total. The second-order valence-corrected chi connectivity index (χ2v) is 7.19. The van der Waals surface area contributed by atoms with E-state index < -0.39 is 0 Å². The predicted molar refractivity (Wildman–Crippen MR) is 111 cm³/mol. The Morgan fingerprint density at radius 3 is 2.44 bits per heavy atom. The number of aryl methyl sites for hydroxylation is 1. The summed E-state index contributed by atoms with van der Waals surface area (Å²) in [5.41, 5.74) is 4.62. The van der Waals surface area contributed by atoms with Crippen LogP contribution in [0.2, 0.25) is 10.0 Å². The first kappa shape index (κ1) is 17.6. The molecule has 0 aliphatic rings. The highest BCUT2D eigenvalue weighted by Crippen LogP contribution is 2.28. The van der Waals surface area contributed by atoms with E-state index >= 15 is 0 Å². The number of carbonyl (C=O) groups is 1. The Balaban J connectivity index is 1.64. The van der Waals surface area contributed by atoms with Gasteiger partial charge in [0.2, 0.25) is 0 Å². The average Bonchev–Trinajstić information content (AvgIpc) is 3.03. The first-order valence-corrected chi connectivity index (χ1v) is 9.08. The molecule has 0 atom stereocenters. The summed E-state index contributed by atoms with van der Waals surface area (Å²) in [6.07, 6.45) is 0. The Bertz CT molecular complexity index is 1150. The molecule has 0 radical (unpaired) electrons. The molecular weight excluding hydrogens is 381 g/mol. The number of benzene rings is 3. The third-order valence-electron chi connectivity index (χ3n) is 4.27. The summed E-state index contributed by atoms with van der Waals surface area (Å²) in [5.74, 6) is 0.137. The van der Waals surface area contributed by atoms with Crippen LogP contribution in [-0.2, 0) is 0 Å². The number of H-pyrrole nitrogens is 1. The van der Waals surface area contributed by atoms with Gasteiger partial charge in [-0.1, -0.05) is 59.1 Å². The van der Waals surface area contributed by atoms with Crippen LogP contribution in [0.1, 0.15) is 15.9 Å². The highest BCUT2D eigenvalue weighted by molar-refractivity contribution is 6.35. The second kappa shape index (κ2) is 7.06. The van der Waals surface area contributed by atoms with E-state index in [1.54, 1.807) is 18.2 Å². The van der Waals surface area contributed by atoms with Crippen LogP contribution in [0.15, 0.2) is 60.7 Å². The molecule has 1 aromatic heterocycles. The Morgan fingerprint density at radius 2 is 1.70 bits per heavy atom. The van der Waals surface area contributed by atoms with Crippen LogP contribution in [-0.4, -0.2) is 16.1 Å². The number of fused-ring (bicyclic) bond motifs is 1. The molecule has 0 fully saturated rings. The molecule has 1 heterocycles. The zero-order valence-electron chi connectivity index (χ0n) is 14.4. The molecule has 134 valence electrons. The number of nitrogens with zero attached hydrogens (tertiary/aromatic N) is 1. The van der Waals surface area contributed by atoms with E-state index in [1.165, 1.54) is 5.56 Å². The lowest BCUT2D eigenvalue weighted by Crippen LogP contribution is -2.12. The number of anilines is 1. The van der Waals surface area contributed by atoms with E-state index in [-0.39, 0.29) is 5.91 Å². The summed E-state index contributed by atoms with van der Waals surface area (Å²) in [4.78, 5) is 12.5. The monoisotopic (exact) mass is 395 g/mol. The Hall–Kier alpha value is -2.82. The summed E-state index contributed by atoms with van der Waals surface area (Å²) in [6, 6.07) is 19.0. The second-order valence-electron chi connectivity index (χ2n) is 6.31. The minimum Gasteiger partial charge on any atom is -0.305 e. The smallest absolute Gasteiger partial charge is 0.256 e. The number of aromatic amines is 1. The van der Waals surface area contributed by atoms with Gasteiger partial charge in [-0.3, -0.25) is 9.89 Å². The van der Waals surface area contributed by atoms with E-state index in [9.17, 15) is 4.79 Å². The number of aromatic nitrogens is 2. The largest absolute Gasteiger partial charge is 0.305 e. The van der Waals surface area contributed by atoms with Crippen molar-refractivity contribution in [2.45, 2.75) is 6.92 Å². The number of nitrogens with one attached hydrogen (secondary N) is 2. The lowest BCUT2D eigenvalue weighted by molar-refractivity contribution is 0.102. The molecular formula is C21H15Cl2N3O. The molecule has 4 rings (SSSR count). The van der Waals surface area contributed by atoms with Crippen LogP contribution < -0.4 is 5.32 Å². The van der Waals surface area contributed by atoms with E-state index in [4.69, 9.17) is 23.2 Å². The summed E-state index contributed by atoms with van der Waals surface area (Å²) in [6.45, 7) is 2.06. The fraction of sp³-hybridized carbons (Fsp3) is 0.0476. The van der Waals surface area contributed by atoms with Gasteiger partial charge in [0.05, 0.1) is 5.52 Å². The van der Waals surface area contributed by atoms with E-state index in [0.717, 1.165) is 22.0 Å². The Labute approximate surface area is 166 Å². The standard InChI is InChI=1S/C21H15Cl2N3O/c1-12-3-2-4-13(7-12)14-5-6-18-19(10-14)25-26-20(18)24-21(27)15-8-16(22)11-17(23)9-15/h2-11H,1H3,(H2,24,25,26,27). The summed E-state index contributed by atoms with van der Waals surface area (Å²) in [7, 11) is 0. The van der Waals surface area contributed by atoms with Crippen LogP contribution in [0, 0.1) is 6.92 Å². The molecule has 3 aromatic carbocycles. The van der Waals surface area contributed by atoms with E-state index in [2.05, 4.69) is 40.6 Å². The quantitative estimate of drug-likeness (QED) is 0.440. The van der Waals surface area contributed by atoms with Gasteiger partial charge >= 0.3 is 0 Å². The molecule has 0 bridgehead atoms. The highest BCUT2D eigenvalue weighted by Gasteiger charge is 2.13.